The van der Waals surface area contributed by atoms with E-state index in [0.717, 1.165) is 4.88 Å². The van der Waals surface area contributed by atoms with Crippen LogP contribution in [-0.2, 0) is 11.0 Å². The van der Waals surface area contributed by atoms with E-state index in [4.69, 9.17) is 19.6 Å². The third-order valence-electron chi connectivity index (χ3n) is 3.52. The zero-order valence-corrected chi connectivity index (χ0v) is 14.1. The van der Waals surface area contributed by atoms with E-state index in [1.807, 2.05) is 0 Å². The topological polar surface area (TPSA) is 129 Å². The summed E-state index contributed by atoms with van der Waals surface area (Å²) >= 11 is 1.45. The van der Waals surface area contributed by atoms with E-state index in [0.29, 0.717) is 28.8 Å². The van der Waals surface area contributed by atoms with Gasteiger partial charge in [-0.2, -0.15) is 0 Å². The molecule has 1 heterocycles. The molecule has 0 radical (unpaired) electrons. The van der Waals surface area contributed by atoms with Gasteiger partial charge in [0.15, 0.2) is 6.35 Å². The number of amides is 1. The first-order chi connectivity index (χ1) is 11.4. The van der Waals surface area contributed by atoms with Crippen molar-refractivity contribution in [1.82, 2.24) is 10.3 Å². The van der Waals surface area contributed by atoms with Crippen LogP contribution in [0.4, 0.5) is 0 Å². The molecule has 0 saturated heterocycles. The molecular weight excluding hydrogens is 355 g/mol. The molecule has 0 atom stereocenters. The van der Waals surface area contributed by atoms with Gasteiger partial charge in [0.05, 0.1) is 17.8 Å². The molecule has 128 valence electrons. The number of nitrogens with one attached hydrogen (secondary N) is 1. The lowest BCUT2D eigenvalue weighted by molar-refractivity contribution is 0.0944. The van der Waals surface area contributed by atoms with E-state index in [2.05, 4.69) is 10.3 Å². The molecule has 1 aliphatic carbocycles. The van der Waals surface area contributed by atoms with Gasteiger partial charge >= 0.3 is 7.60 Å². The van der Waals surface area contributed by atoms with Crippen molar-refractivity contribution >= 4 is 24.8 Å². The Labute approximate surface area is 141 Å². The van der Waals surface area contributed by atoms with Gasteiger partial charge in [0.25, 0.3) is 5.91 Å². The molecule has 8 nitrogen and oxygen atoms in total. The van der Waals surface area contributed by atoms with E-state index in [1.54, 1.807) is 11.6 Å². The molecule has 0 spiro atoms. The number of benzene rings is 1. The predicted octanol–water partition coefficient (Wildman–Crippen LogP) is 0.950. The Bertz CT molecular complexity index is 831. The monoisotopic (exact) mass is 370 g/mol. The molecule has 1 aromatic carbocycles. The summed E-state index contributed by atoms with van der Waals surface area (Å²) in [6.45, 7) is -0.0174. The number of thiazole rings is 1. The van der Waals surface area contributed by atoms with Crippen LogP contribution in [-0.4, -0.2) is 45.3 Å². The lowest BCUT2D eigenvalue weighted by atomic mass is 10.0. The zero-order valence-electron chi connectivity index (χ0n) is 12.4. The number of hydrogen-bond donors (Lipinski definition) is 4. The summed E-state index contributed by atoms with van der Waals surface area (Å²) in [5.74, 6) is -0.0336. The predicted molar refractivity (Wildman–Crippen MR) is 87.3 cm³/mol. The van der Waals surface area contributed by atoms with Crippen LogP contribution in [0.25, 0.3) is 11.3 Å². The smallest absolute Gasteiger partial charge is 0.362 e. The van der Waals surface area contributed by atoms with Crippen molar-refractivity contribution in [3.63, 3.8) is 0 Å². The summed E-state index contributed by atoms with van der Waals surface area (Å²) < 4.78 is 16.3. The molecule has 0 bridgehead atoms. The largest absolute Gasteiger partial charge is 0.480 e. The number of carbonyl (C=O) groups excluding carboxylic acids is 1. The Kier molecular flexibility index (Phi) is 4.71. The highest BCUT2D eigenvalue weighted by atomic mass is 32.1. The van der Waals surface area contributed by atoms with Crippen LogP contribution in [0.3, 0.4) is 0 Å². The minimum Gasteiger partial charge on any atom is -0.480 e. The second kappa shape index (κ2) is 6.62. The molecule has 24 heavy (non-hydrogen) atoms. The molecule has 0 aliphatic heterocycles. The van der Waals surface area contributed by atoms with Crippen molar-refractivity contribution in [2.75, 3.05) is 19.5 Å². The minimum atomic E-state index is -4.32. The van der Waals surface area contributed by atoms with Crippen LogP contribution in [0, 0.1) is 0 Å². The molecule has 0 saturated carbocycles. The van der Waals surface area contributed by atoms with Crippen molar-refractivity contribution in [2.24, 2.45) is 0 Å². The van der Waals surface area contributed by atoms with E-state index in [-0.39, 0.29) is 24.8 Å². The van der Waals surface area contributed by atoms with Gasteiger partial charge in [0.1, 0.15) is 5.75 Å². The van der Waals surface area contributed by atoms with E-state index in [9.17, 15) is 9.36 Å². The lowest BCUT2D eigenvalue weighted by Gasteiger charge is -2.14. The molecule has 4 N–H and O–H groups in total. The van der Waals surface area contributed by atoms with Gasteiger partial charge < -0.3 is 24.9 Å². The van der Waals surface area contributed by atoms with Crippen molar-refractivity contribution < 1.29 is 29.0 Å². The zero-order chi connectivity index (χ0) is 17.3. The van der Waals surface area contributed by atoms with Gasteiger partial charge in [0, 0.05) is 29.0 Å². The number of carbonyl (C=O) groups is 1. The van der Waals surface area contributed by atoms with Gasteiger partial charge in [-0.05, 0) is 17.7 Å². The summed E-state index contributed by atoms with van der Waals surface area (Å²) in [7, 11) is -4.32. The third-order valence-corrected chi connectivity index (χ3v) is 4.82. The number of rotatable bonds is 6. The van der Waals surface area contributed by atoms with Gasteiger partial charge in [-0.25, -0.2) is 4.98 Å². The molecule has 0 fully saturated rings. The second-order valence-corrected chi connectivity index (χ2v) is 7.71. The SMILES string of the molecule is O=C(NCCO)c1ccc(OCP(=O)(O)O)c2c1Cc1scnc1-2. The maximum Gasteiger partial charge on any atom is 0.362 e. The number of aliphatic hydroxyl groups excluding tert-OH is 1. The lowest BCUT2D eigenvalue weighted by Crippen LogP contribution is -2.27. The third kappa shape index (κ3) is 3.35. The van der Waals surface area contributed by atoms with E-state index < -0.39 is 13.9 Å². The van der Waals surface area contributed by atoms with Crippen molar-refractivity contribution in [2.45, 2.75) is 6.42 Å². The molecular formula is C14H15N2O6PS. The molecule has 2 aromatic rings. The summed E-state index contributed by atoms with van der Waals surface area (Å²) in [6, 6.07) is 3.06. The number of nitrogens with zero attached hydrogens (tertiary/aromatic N) is 1. The average Bonchev–Trinajstić information content (AvgIpc) is 3.10. The average molecular weight is 370 g/mol. The van der Waals surface area contributed by atoms with Crippen LogP contribution in [0.15, 0.2) is 17.6 Å². The fourth-order valence-electron chi connectivity index (χ4n) is 2.58. The Morgan fingerprint density at radius 1 is 1.42 bits per heavy atom. The molecule has 1 aromatic heterocycles. The fraction of sp³-hybridized carbons (Fsp3) is 0.286. The quantitative estimate of drug-likeness (QED) is 0.476. The Morgan fingerprint density at radius 2 is 2.21 bits per heavy atom. The highest BCUT2D eigenvalue weighted by Gasteiger charge is 2.30. The summed E-state index contributed by atoms with van der Waals surface area (Å²) in [4.78, 5) is 35.5. The van der Waals surface area contributed by atoms with Gasteiger partial charge in [0.2, 0.25) is 0 Å². The Balaban J connectivity index is 2.00. The van der Waals surface area contributed by atoms with Crippen molar-refractivity contribution in [1.29, 1.82) is 0 Å². The molecule has 3 rings (SSSR count). The van der Waals surface area contributed by atoms with E-state index >= 15 is 0 Å². The number of ether oxygens (including phenoxy) is 1. The van der Waals surface area contributed by atoms with Gasteiger partial charge in [-0.15, -0.1) is 11.3 Å². The minimum absolute atomic E-state index is 0.143. The maximum atomic E-state index is 12.3. The normalized spacial score (nSPS) is 12.6. The molecule has 10 heteroatoms. The van der Waals surface area contributed by atoms with Crippen molar-refractivity contribution in [3.05, 3.63) is 33.6 Å². The molecule has 0 unspecified atom stereocenters. The number of aromatic nitrogens is 1. The highest BCUT2D eigenvalue weighted by molar-refractivity contribution is 7.51. The summed E-state index contributed by atoms with van der Waals surface area (Å²) in [5.41, 5.74) is 4.10. The standard InChI is InChI=1S/C14H15N2O6PS/c17-4-3-15-14(18)8-1-2-10(22-7-23(19,20)21)12-9(8)5-11-13(12)16-6-24-11/h1-2,6,17H,3-5,7H2,(H,15,18)(H2,19,20,21). The first kappa shape index (κ1) is 17.1. The molecule has 1 aliphatic rings. The van der Waals surface area contributed by atoms with Crippen molar-refractivity contribution in [3.8, 4) is 17.0 Å². The van der Waals surface area contributed by atoms with Crippen LogP contribution in [0.5, 0.6) is 5.75 Å². The molecule has 1 amide bonds. The van der Waals surface area contributed by atoms with Gasteiger partial charge in [-0.1, -0.05) is 0 Å². The first-order valence-corrected chi connectivity index (χ1v) is 9.73. The van der Waals surface area contributed by atoms with Crippen LogP contribution >= 0.6 is 18.9 Å². The van der Waals surface area contributed by atoms with Crippen LogP contribution in [0.2, 0.25) is 0 Å². The highest BCUT2D eigenvalue weighted by Crippen LogP contribution is 2.46. The summed E-state index contributed by atoms with van der Waals surface area (Å²) in [6.07, 6.45) is -0.237. The number of aliphatic hydroxyl groups is 1. The second-order valence-electron chi connectivity index (χ2n) is 5.18. The fourth-order valence-corrected chi connectivity index (χ4v) is 3.67. The number of fused-ring (bicyclic) bond motifs is 3. The first-order valence-electron chi connectivity index (χ1n) is 7.05. The van der Waals surface area contributed by atoms with E-state index in [1.165, 1.54) is 17.4 Å². The Hall–Kier alpha value is -1.77. The maximum absolute atomic E-state index is 12.3. The summed E-state index contributed by atoms with van der Waals surface area (Å²) in [5, 5.41) is 11.4. The number of hydrogen-bond acceptors (Lipinski definition) is 6. The van der Waals surface area contributed by atoms with Crippen LogP contribution in [0.1, 0.15) is 20.8 Å². The van der Waals surface area contributed by atoms with Gasteiger partial charge in [-0.3, -0.25) is 9.36 Å². The van der Waals surface area contributed by atoms with Crippen LogP contribution < -0.4 is 10.1 Å². The Morgan fingerprint density at radius 3 is 2.92 bits per heavy atom.